The SMILES string of the molecule is CN1CCN(c2nc(CCCN[C@@H]3C[C@H]3C3(C)C=CC(F)=CC3)cn(COCC[Si](C)(C)C)c2=O)CC1. The standard InChI is InChI=1S/C28H46FN5O2Si/c1-28(10-8-22(29)9-11-28)24-19-25(24)30-12-6-7-23-20-34(21-36-17-18-37(3,4)5)27(35)26(31-23)33-15-13-32(2)14-16-33/h8-10,20,24-25,30H,6-7,11-19,21H2,1-5H3/t24-,25-,28?/m1/s1. The van der Waals surface area contributed by atoms with Gasteiger partial charge in [0.05, 0.1) is 5.69 Å². The molecule has 1 aromatic heterocycles. The molecule has 2 aliphatic carbocycles. The van der Waals surface area contributed by atoms with Crippen LogP contribution in [0.4, 0.5) is 10.2 Å². The number of aryl methyl sites for hydroxylation is 1. The molecule has 9 heteroatoms. The molecule has 1 unspecified atom stereocenters. The van der Waals surface area contributed by atoms with Crippen LogP contribution >= 0.6 is 0 Å². The quantitative estimate of drug-likeness (QED) is 0.325. The summed E-state index contributed by atoms with van der Waals surface area (Å²) in [5.41, 5.74) is 0.941. The summed E-state index contributed by atoms with van der Waals surface area (Å²) >= 11 is 0. The molecule has 4 rings (SSSR count). The Morgan fingerprint density at radius 1 is 1.24 bits per heavy atom. The molecule has 0 radical (unpaired) electrons. The maximum Gasteiger partial charge on any atom is 0.295 e. The average molecular weight is 532 g/mol. The number of hydrogen-bond acceptors (Lipinski definition) is 6. The summed E-state index contributed by atoms with van der Waals surface area (Å²) < 4.78 is 21.0. The zero-order chi connectivity index (χ0) is 26.6. The Morgan fingerprint density at radius 2 is 2.00 bits per heavy atom. The number of nitrogens with one attached hydrogen (secondary N) is 1. The first-order chi connectivity index (χ1) is 17.5. The van der Waals surface area contributed by atoms with Crippen molar-refractivity contribution >= 4 is 13.9 Å². The van der Waals surface area contributed by atoms with Crippen LogP contribution in [0.2, 0.25) is 25.7 Å². The molecule has 3 aliphatic rings. The van der Waals surface area contributed by atoms with Gasteiger partial charge in [-0.3, -0.25) is 9.36 Å². The van der Waals surface area contributed by atoms with Gasteiger partial charge in [0, 0.05) is 53.1 Å². The molecule has 1 saturated heterocycles. The van der Waals surface area contributed by atoms with Crippen LogP contribution in [0.5, 0.6) is 0 Å². The fourth-order valence-electron chi connectivity index (χ4n) is 5.27. The van der Waals surface area contributed by atoms with Crippen molar-refractivity contribution < 1.29 is 9.13 Å². The Balaban J connectivity index is 1.33. The van der Waals surface area contributed by atoms with Crippen molar-refractivity contribution in [1.29, 1.82) is 0 Å². The number of halogens is 1. The van der Waals surface area contributed by atoms with E-state index in [1.165, 1.54) is 0 Å². The van der Waals surface area contributed by atoms with Crippen LogP contribution in [-0.4, -0.2) is 74.9 Å². The largest absolute Gasteiger partial charge is 0.361 e. The van der Waals surface area contributed by atoms with Crippen LogP contribution in [0.3, 0.4) is 0 Å². The Bertz CT molecular complexity index is 1040. The molecule has 0 amide bonds. The van der Waals surface area contributed by atoms with Crippen molar-refractivity contribution in [3.8, 4) is 0 Å². The van der Waals surface area contributed by atoms with Crippen LogP contribution < -0.4 is 15.8 Å². The van der Waals surface area contributed by atoms with E-state index in [2.05, 4.69) is 48.7 Å². The molecule has 1 N–H and O–H groups in total. The molecule has 7 nitrogen and oxygen atoms in total. The molecular weight excluding hydrogens is 485 g/mol. The number of ether oxygens (including phenoxy) is 1. The monoisotopic (exact) mass is 531 g/mol. The maximum absolute atomic E-state index is 13.4. The molecule has 1 saturated carbocycles. The second kappa shape index (κ2) is 11.9. The van der Waals surface area contributed by atoms with Gasteiger partial charge in [-0.1, -0.05) is 32.6 Å². The minimum atomic E-state index is -1.18. The zero-order valence-electron chi connectivity index (χ0n) is 23.4. The van der Waals surface area contributed by atoms with Crippen molar-refractivity contribution in [3.05, 3.63) is 46.3 Å². The summed E-state index contributed by atoms with van der Waals surface area (Å²) in [6.45, 7) is 14.6. The fraction of sp³-hybridized carbons (Fsp3) is 0.714. The Labute approximate surface area is 222 Å². The van der Waals surface area contributed by atoms with E-state index in [9.17, 15) is 9.18 Å². The van der Waals surface area contributed by atoms with E-state index in [0.717, 1.165) is 70.1 Å². The van der Waals surface area contributed by atoms with E-state index in [0.29, 0.717) is 24.4 Å². The van der Waals surface area contributed by atoms with Gasteiger partial charge < -0.3 is 19.9 Å². The molecule has 1 aromatic rings. The minimum Gasteiger partial charge on any atom is -0.361 e. The zero-order valence-corrected chi connectivity index (χ0v) is 24.4. The van der Waals surface area contributed by atoms with Crippen molar-refractivity contribution in [2.45, 2.75) is 71.1 Å². The second-order valence-corrected chi connectivity index (χ2v) is 18.2. The maximum atomic E-state index is 13.4. The van der Waals surface area contributed by atoms with Crippen LogP contribution in [0.25, 0.3) is 0 Å². The predicted octanol–water partition coefficient (Wildman–Crippen LogP) is 4.04. The molecule has 2 heterocycles. The van der Waals surface area contributed by atoms with E-state index in [1.54, 1.807) is 16.7 Å². The predicted molar refractivity (Wildman–Crippen MR) is 152 cm³/mol. The molecule has 1 aliphatic heterocycles. The number of piperazine rings is 1. The van der Waals surface area contributed by atoms with Gasteiger partial charge in [-0.25, -0.2) is 9.37 Å². The first-order valence-electron chi connectivity index (χ1n) is 13.9. The van der Waals surface area contributed by atoms with Crippen molar-refractivity contribution in [2.75, 3.05) is 51.3 Å². The van der Waals surface area contributed by atoms with E-state index >= 15 is 0 Å². The number of aromatic nitrogens is 2. The summed E-state index contributed by atoms with van der Waals surface area (Å²) in [4.78, 5) is 22.5. The molecule has 2 fully saturated rings. The Morgan fingerprint density at radius 3 is 2.68 bits per heavy atom. The smallest absolute Gasteiger partial charge is 0.295 e. The highest BCUT2D eigenvalue weighted by atomic mass is 28.3. The summed E-state index contributed by atoms with van der Waals surface area (Å²) in [6.07, 6.45) is 11.0. The lowest BCUT2D eigenvalue weighted by atomic mass is 9.78. The molecule has 3 atom stereocenters. The number of likely N-dealkylation sites (N-methyl/N-ethyl adjacent to an activating group) is 1. The summed E-state index contributed by atoms with van der Waals surface area (Å²) in [5, 5.41) is 3.69. The topological polar surface area (TPSA) is 62.6 Å². The highest BCUT2D eigenvalue weighted by Crippen LogP contribution is 2.50. The Hall–Kier alpha value is -1.81. The number of nitrogens with zero attached hydrogens (tertiary/aromatic N) is 4. The fourth-order valence-corrected chi connectivity index (χ4v) is 6.02. The van der Waals surface area contributed by atoms with Crippen LogP contribution in [0.1, 0.15) is 31.9 Å². The third-order valence-electron chi connectivity index (χ3n) is 8.05. The van der Waals surface area contributed by atoms with Gasteiger partial charge in [0.1, 0.15) is 12.6 Å². The van der Waals surface area contributed by atoms with Crippen LogP contribution in [0.15, 0.2) is 35.0 Å². The molecule has 37 heavy (non-hydrogen) atoms. The van der Waals surface area contributed by atoms with Gasteiger partial charge in [0.2, 0.25) is 0 Å². The van der Waals surface area contributed by atoms with Crippen LogP contribution in [-0.2, 0) is 17.9 Å². The van der Waals surface area contributed by atoms with Crippen molar-refractivity contribution in [1.82, 2.24) is 19.8 Å². The highest BCUT2D eigenvalue weighted by molar-refractivity contribution is 6.76. The van der Waals surface area contributed by atoms with Crippen molar-refractivity contribution in [2.24, 2.45) is 11.3 Å². The molecule has 206 valence electrons. The number of anilines is 1. The lowest BCUT2D eigenvalue weighted by molar-refractivity contribution is 0.0844. The second-order valence-electron chi connectivity index (χ2n) is 12.6. The first-order valence-corrected chi connectivity index (χ1v) is 17.6. The molecule has 0 spiro atoms. The summed E-state index contributed by atoms with van der Waals surface area (Å²) in [5.74, 6) is 1.01. The van der Waals surface area contributed by atoms with Gasteiger partial charge in [-0.2, -0.15) is 0 Å². The van der Waals surface area contributed by atoms with Gasteiger partial charge >= 0.3 is 0 Å². The first kappa shape index (κ1) is 28.2. The average Bonchev–Trinajstić information content (AvgIpc) is 3.64. The molecule has 0 bridgehead atoms. The third kappa shape index (κ3) is 7.85. The normalized spacial score (nSPS) is 26.4. The van der Waals surface area contributed by atoms with Gasteiger partial charge in [-0.15, -0.1) is 0 Å². The van der Waals surface area contributed by atoms with Gasteiger partial charge in [0.15, 0.2) is 5.82 Å². The number of allylic oxidation sites excluding steroid dienone is 4. The summed E-state index contributed by atoms with van der Waals surface area (Å²) in [6, 6.07) is 1.57. The molecular formula is C28H46FN5O2Si. The van der Waals surface area contributed by atoms with Gasteiger partial charge in [-0.05, 0) is 68.8 Å². The van der Waals surface area contributed by atoms with Crippen LogP contribution in [0, 0.1) is 11.3 Å². The van der Waals surface area contributed by atoms with Gasteiger partial charge in [0.25, 0.3) is 5.56 Å². The number of rotatable bonds is 12. The van der Waals surface area contributed by atoms with E-state index in [-0.39, 0.29) is 23.5 Å². The number of hydrogen-bond donors (Lipinski definition) is 1. The third-order valence-corrected chi connectivity index (χ3v) is 9.75. The van der Waals surface area contributed by atoms with Crippen molar-refractivity contribution in [3.63, 3.8) is 0 Å². The Kier molecular flexibility index (Phi) is 9.09. The molecule has 0 aromatic carbocycles. The summed E-state index contributed by atoms with van der Waals surface area (Å²) in [7, 11) is 0.932. The van der Waals surface area contributed by atoms with E-state index < -0.39 is 8.07 Å². The lowest BCUT2D eigenvalue weighted by Gasteiger charge is -2.33. The van der Waals surface area contributed by atoms with E-state index in [1.807, 2.05) is 12.3 Å². The highest BCUT2D eigenvalue weighted by Gasteiger charge is 2.48. The minimum absolute atomic E-state index is 0.0528. The lowest BCUT2D eigenvalue weighted by Crippen LogP contribution is -2.47. The van der Waals surface area contributed by atoms with E-state index in [4.69, 9.17) is 9.72 Å².